The molecule has 110 valence electrons. The first-order valence-corrected chi connectivity index (χ1v) is 5.17. The van der Waals surface area contributed by atoms with E-state index in [0.717, 1.165) is 19.1 Å². The molecule has 0 aliphatic rings. The largest absolute Gasteiger partial charge is 0.421 e. The molecule has 0 saturated carbocycles. The Morgan fingerprint density at radius 3 is 1.95 bits per heavy atom. The molecule has 0 saturated heterocycles. The average Bonchev–Trinajstić information content (AvgIpc) is 2.26. The van der Waals surface area contributed by atoms with Crippen LogP contribution in [0.25, 0.3) is 0 Å². The smallest absolute Gasteiger partial charge is 0.251 e. The van der Waals surface area contributed by atoms with Crippen LogP contribution >= 0.6 is 0 Å². The molecule has 8 heteroatoms. The van der Waals surface area contributed by atoms with Gasteiger partial charge in [0.2, 0.25) is 0 Å². The molecule has 0 atom stereocenters. The van der Waals surface area contributed by atoms with Crippen molar-refractivity contribution in [1.29, 1.82) is 0 Å². The van der Waals surface area contributed by atoms with Crippen molar-refractivity contribution in [2.45, 2.75) is 19.3 Å². The average molecular weight is 299 g/mol. The summed E-state index contributed by atoms with van der Waals surface area (Å²) in [6, 6.07) is 4.79. The lowest BCUT2D eigenvalue weighted by molar-refractivity contribution is -0.171. The standard InChI is InChI=1S/C12H8F7N/c1-7(20-9-5-3-2-4-8(9)13)6-10(11(14,15)16)12(17,18)19/h2-6H,1H3. The van der Waals surface area contributed by atoms with Crippen LogP contribution < -0.4 is 0 Å². The minimum atomic E-state index is -5.57. The highest BCUT2D eigenvalue weighted by Gasteiger charge is 2.50. The van der Waals surface area contributed by atoms with Crippen LogP contribution in [0.5, 0.6) is 0 Å². The van der Waals surface area contributed by atoms with E-state index >= 15 is 0 Å². The second kappa shape index (κ2) is 5.64. The maximum Gasteiger partial charge on any atom is 0.421 e. The summed E-state index contributed by atoms with van der Waals surface area (Å²) in [6.45, 7) is 0.921. The van der Waals surface area contributed by atoms with Gasteiger partial charge >= 0.3 is 12.4 Å². The molecule has 0 amide bonds. The van der Waals surface area contributed by atoms with Gasteiger partial charge < -0.3 is 0 Å². The third kappa shape index (κ3) is 4.36. The Morgan fingerprint density at radius 1 is 1.00 bits per heavy atom. The molecule has 1 aromatic carbocycles. The maximum absolute atomic E-state index is 13.2. The second-order valence-corrected chi connectivity index (χ2v) is 3.76. The first kappa shape index (κ1) is 16.2. The van der Waals surface area contributed by atoms with Crippen molar-refractivity contribution in [3.05, 3.63) is 41.7 Å². The van der Waals surface area contributed by atoms with Crippen molar-refractivity contribution >= 4 is 11.4 Å². The van der Waals surface area contributed by atoms with E-state index in [1.54, 1.807) is 0 Å². The molecule has 0 radical (unpaired) electrons. The molecule has 0 aromatic heterocycles. The van der Waals surface area contributed by atoms with Crippen LogP contribution in [0, 0.1) is 5.82 Å². The number of nitrogens with zero attached hydrogens (tertiary/aromatic N) is 1. The summed E-state index contributed by atoms with van der Waals surface area (Å²) in [4.78, 5) is 3.39. The summed E-state index contributed by atoms with van der Waals surface area (Å²) >= 11 is 0. The molecule has 0 fully saturated rings. The van der Waals surface area contributed by atoms with Gasteiger partial charge in [-0.15, -0.1) is 0 Å². The summed E-state index contributed by atoms with van der Waals surface area (Å²) < 4.78 is 86.8. The van der Waals surface area contributed by atoms with E-state index in [9.17, 15) is 30.7 Å². The third-order valence-electron chi connectivity index (χ3n) is 2.11. The van der Waals surface area contributed by atoms with E-state index in [0.29, 0.717) is 0 Å². The zero-order chi connectivity index (χ0) is 15.6. The first-order chi connectivity index (χ1) is 9.01. The van der Waals surface area contributed by atoms with Crippen molar-refractivity contribution < 1.29 is 30.7 Å². The lowest BCUT2D eigenvalue weighted by atomic mass is 10.2. The fourth-order valence-electron chi connectivity index (χ4n) is 1.30. The maximum atomic E-state index is 13.2. The number of halogens is 7. The van der Waals surface area contributed by atoms with Gasteiger partial charge in [-0.2, -0.15) is 26.3 Å². The zero-order valence-corrected chi connectivity index (χ0v) is 9.98. The van der Waals surface area contributed by atoms with Gasteiger partial charge in [-0.05, 0) is 25.1 Å². The number of aliphatic imine (C=N–C) groups is 1. The monoisotopic (exact) mass is 299 g/mol. The molecule has 0 bridgehead atoms. The topological polar surface area (TPSA) is 12.4 Å². The van der Waals surface area contributed by atoms with Gasteiger partial charge in [-0.1, -0.05) is 12.1 Å². The summed E-state index contributed by atoms with van der Waals surface area (Å²) in [5, 5.41) is 0. The van der Waals surface area contributed by atoms with Crippen molar-refractivity contribution in [2.75, 3.05) is 0 Å². The third-order valence-corrected chi connectivity index (χ3v) is 2.11. The highest BCUT2D eigenvalue weighted by atomic mass is 19.4. The van der Waals surface area contributed by atoms with Crippen molar-refractivity contribution in [2.24, 2.45) is 4.99 Å². The minimum absolute atomic E-state index is 0.160. The molecule has 20 heavy (non-hydrogen) atoms. The molecule has 0 spiro atoms. The molecular formula is C12H8F7N. The van der Waals surface area contributed by atoms with Gasteiger partial charge in [0.15, 0.2) is 0 Å². The predicted octanol–water partition coefficient (Wildman–Crippen LogP) is 4.97. The summed E-state index contributed by atoms with van der Waals surface area (Å²) in [7, 11) is 0. The molecule has 0 unspecified atom stereocenters. The molecule has 0 N–H and O–H groups in total. The van der Waals surface area contributed by atoms with Crippen molar-refractivity contribution in [3.8, 4) is 0 Å². The molecule has 0 aliphatic heterocycles. The SMILES string of the molecule is CC(C=C(C(F)(F)F)C(F)(F)F)=Nc1ccccc1F. The van der Waals surface area contributed by atoms with Gasteiger partial charge in [-0.25, -0.2) is 4.39 Å². The van der Waals surface area contributed by atoms with Gasteiger partial charge in [0.05, 0.1) is 5.69 Å². The Kier molecular flexibility index (Phi) is 4.57. The van der Waals surface area contributed by atoms with Gasteiger partial charge in [0.25, 0.3) is 0 Å². The Hall–Kier alpha value is -1.86. The first-order valence-electron chi connectivity index (χ1n) is 5.17. The predicted molar refractivity (Wildman–Crippen MR) is 59.4 cm³/mol. The van der Waals surface area contributed by atoms with Crippen LogP contribution in [0.4, 0.5) is 36.4 Å². The van der Waals surface area contributed by atoms with Gasteiger partial charge in [0.1, 0.15) is 11.4 Å². The van der Waals surface area contributed by atoms with Crippen LogP contribution in [-0.4, -0.2) is 18.1 Å². The Morgan fingerprint density at radius 2 is 1.50 bits per heavy atom. The van der Waals surface area contributed by atoms with Crippen LogP contribution in [0.2, 0.25) is 0 Å². The minimum Gasteiger partial charge on any atom is -0.251 e. The van der Waals surface area contributed by atoms with E-state index in [2.05, 4.69) is 4.99 Å². The van der Waals surface area contributed by atoms with E-state index in [1.165, 1.54) is 12.1 Å². The van der Waals surface area contributed by atoms with Crippen molar-refractivity contribution in [1.82, 2.24) is 0 Å². The van der Waals surface area contributed by atoms with Crippen LogP contribution in [0.3, 0.4) is 0 Å². The van der Waals surface area contributed by atoms with E-state index in [4.69, 9.17) is 0 Å². The Labute approximate surface area is 109 Å². The number of rotatable bonds is 2. The summed E-state index contributed by atoms with van der Waals surface area (Å²) in [6.07, 6.45) is -11.3. The number of alkyl halides is 6. The van der Waals surface area contributed by atoms with E-state index in [-0.39, 0.29) is 11.8 Å². The fourth-order valence-corrected chi connectivity index (χ4v) is 1.30. The molecule has 0 aliphatic carbocycles. The Balaban J connectivity index is 3.22. The molecule has 1 rings (SSSR count). The normalized spacial score (nSPS) is 13.3. The summed E-state index contributed by atoms with van der Waals surface area (Å²) in [5.41, 5.74) is -3.65. The number of hydrogen-bond donors (Lipinski definition) is 0. The second-order valence-electron chi connectivity index (χ2n) is 3.76. The van der Waals surface area contributed by atoms with Gasteiger partial charge in [0, 0.05) is 5.71 Å². The quantitative estimate of drug-likeness (QED) is 0.540. The molecule has 1 aromatic rings. The number of allylic oxidation sites excluding steroid dienone is 2. The van der Waals surface area contributed by atoms with Crippen molar-refractivity contribution in [3.63, 3.8) is 0 Å². The highest BCUT2D eigenvalue weighted by molar-refractivity contribution is 5.95. The zero-order valence-electron chi connectivity index (χ0n) is 9.98. The van der Waals surface area contributed by atoms with E-state index < -0.39 is 29.5 Å². The molecule has 1 nitrogen and oxygen atoms in total. The molecular weight excluding hydrogens is 291 g/mol. The number of benzene rings is 1. The highest BCUT2D eigenvalue weighted by Crippen LogP contribution is 2.38. The Bertz CT molecular complexity index is 521. The van der Waals surface area contributed by atoms with Crippen LogP contribution in [0.15, 0.2) is 40.9 Å². The number of hydrogen-bond acceptors (Lipinski definition) is 1. The summed E-state index contributed by atoms with van der Waals surface area (Å²) in [5.74, 6) is -0.846. The van der Waals surface area contributed by atoms with Crippen LogP contribution in [-0.2, 0) is 0 Å². The van der Waals surface area contributed by atoms with E-state index in [1.807, 2.05) is 0 Å². The molecule has 0 heterocycles. The fraction of sp³-hybridized carbons (Fsp3) is 0.250. The lowest BCUT2D eigenvalue weighted by Crippen LogP contribution is -2.26. The lowest BCUT2D eigenvalue weighted by Gasteiger charge is -2.14. The number of para-hydroxylation sites is 1. The van der Waals surface area contributed by atoms with Crippen LogP contribution in [0.1, 0.15) is 6.92 Å². The van der Waals surface area contributed by atoms with Gasteiger partial charge in [-0.3, -0.25) is 4.99 Å².